The van der Waals surface area contributed by atoms with Crippen LogP contribution in [0.1, 0.15) is 39.5 Å². The first-order valence-electron chi connectivity index (χ1n) is 4.40. The van der Waals surface area contributed by atoms with Crippen LogP contribution in [-0.4, -0.2) is 12.3 Å². The van der Waals surface area contributed by atoms with Gasteiger partial charge in [0, 0.05) is 12.3 Å². The molecule has 0 aliphatic heterocycles. The zero-order valence-electron chi connectivity index (χ0n) is 7.48. The molecule has 0 radical (unpaired) electrons. The molecule has 0 atom stereocenters. The van der Waals surface area contributed by atoms with E-state index in [0.29, 0.717) is 0 Å². The van der Waals surface area contributed by atoms with Crippen molar-refractivity contribution in [1.29, 1.82) is 0 Å². The van der Waals surface area contributed by atoms with Gasteiger partial charge in [0.2, 0.25) is 0 Å². The van der Waals surface area contributed by atoms with Crippen LogP contribution in [0.4, 0.5) is 0 Å². The number of hydrogen-bond acceptors (Lipinski definition) is 1. The van der Waals surface area contributed by atoms with E-state index in [9.17, 15) is 4.57 Å². The molecule has 0 aromatic heterocycles. The van der Waals surface area contributed by atoms with E-state index < -0.39 is 5.84 Å². The first kappa shape index (κ1) is 11.7. The number of rotatable bonds is 6. The highest BCUT2D eigenvalue weighted by atomic mass is 79.9. The third kappa shape index (κ3) is 7.08. The van der Waals surface area contributed by atoms with Crippen molar-refractivity contribution < 1.29 is 4.57 Å². The monoisotopic (exact) mass is 240 g/mol. The summed E-state index contributed by atoms with van der Waals surface area (Å²) in [5.41, 5.74) is 0. The van der Waals surface area contributed by atoms with Gasteiger partial charge >= 0.3 is 0 Å². The van der Waals surface area contributed by atoms with Crippen LogP contribution >= 0.6 is 21.3 Å². The van der Waals surface area contributed by atoms with Crippen LogP contribution in [0, 0.1) is 0 Å². The van der Waals surface area contributed by atoms with Crippen molar-refractivity contribution in [2.75, 3.05) is 12.3 Å². The molecule has 3 heteroatoms. The van der Waals surface area contributed by atoms with Crippen molar-refractivity contribution >= 4 is 21.3 Å². The average molecular weight is 241 g/mol. The Kier molecular flexibility index (Phi) is 6.65. The predicted molar refractivity (Wildman–Crippen MR) is 56.1 cm³/mol. The van der Waals surface area contributed by atoms with Crippen molar-refractivity contribution in [3.05, 3.63) is 0 Å². The van der Waals surface area contributed by atoms with Gasteiger partial charge in [0.05, 0.1) is 0 Å². The fourth-order valence-corrected chi connectivity index (χ4v) is 4.21. The second-order valence-corrected chi connectivity index (χ2v) is 9.30. The maximum absolute atomic E-state index is 11.6. The minimum absolute atomic E-state index is 0.878. The van der Waals surface area contributed by atoms with Crippen LogP contribution in [0.25, 0.3) is 0 Å². The van der Waals surface area contributed by atoms with Crippen molar-refractivity contribution in [1.82, 2.24) is 0 Å². The molecule has 0 N–H and O–H groups in total. The fourth-order valence-electron chi connectivity index (χ4n) is 0.900. The smallest absolute Gasteiger partial charge is 0.148 e. The molecule has 0 saturated carbocycles. The molecule has 0 heterocycles. The Morgan fingerprint density at radius 3 is 1.73 bits per heavy atom. The van der Waals surface area contributed by atoms with Gasteiger partial charge in [0.25, 0.3) is 0 Å². The van der Waals surface area contributed by atoms with Gasteiger partial charge in [-0.15, -0.1) is 0 Å². The molecule has 11 heavy (non-hydrogen) atoms. The summed E-state index contributed by atoms with van der Waals surface area (Å²) in [5.74, 6) is -1.91. The highest BCUT2D eigenvalue weighted by Crippen LogP contribution is 2.54. The second kappa shape index (κ2) is 6.25. The number of unbranched alkanes of at least 4 members (excludes halogenated alkanes) is 2. The van der Waals surface area contributed by atoms with Crippen LogP contribution in [-0.2, 0) is 4.57 Å². The minimum atomic E-state index is -1.91. The Balaban J connectivity index is 3.53. The summed E-state index contributed by atoms with van der Waals surface area (Å²) in [5, 5.41) is 0. The topological polar surface area (TPSA) is 17.1 Å². The molecule has 0 unspecified atom stereocenters. The molecule has 0 rings (SSSR count). The molecule has 68 valence electrons. The van der Waals surface area contributed by atoms with E-state index in [2.05, 4.69) is 29.3 Å². The molecular weight excluding hydrogens is 223 g/mol. The molecule has 0 bridgehead atoms. The maximum atomic E-state index is 11.6. The summed E-state index contributed by atoms with van der Waals surface area (Å²) >= 11 is 3.34. The second-order valence-electron chi connectivity index (χ2n) is 2.94. The van der Waals surface area contributed by atoms with Gasteiger partial charge in [0.1, 0.15) is 5.84 Å². The van der Waals surface area contributed by atoms with Gasteiger partial charge in [-0.25, -0.2) is 0 Å². The summed E-state index contributed by atoms with van der Waals surface area (Å²) in [7, 11) is 0. The van der Waals surface area contributed by atoms with Gasteiger partial charge in [-0.05, 0) is 28.3 Å². The summed E-state index contributed by atoms with van der Waals surface area (Å²) in [6.07, 6.45) is 6.22. The Morgan fingerprint density at radius 2 is 1.45 bits per heavy atom. The standard InChI is InChI=1S/C8H18BrOP/c1-3-5-7-11(9,10)8-6-4-2/h3-8H2,1-2H3. The molecule has 0 aliphatic rings. The Morgan fingerprint density at radius 1 is 1.09 bits per heavy atom. The van der Waals surface area contributed by atoms with Crippen LogP contribution in [0.5, 0.6) is 0 Å². The summed E-state index contributed by atoms with van der Waals surface area (Å²) in [6.45, 7) is 4.26. The molecular formula is C8H18BrOP. The quantitative estimate of drug-likeness (QED) is 0.635. The highest BCUT2D eigenvalue weighted by molar-refractivity contribution is 9.40. The van der Waals surface area contributed by atoms with Gasteiger partial charge in [-0.3, -0.25) is 0 Å². The third-order valence-corrected chi connectivity index (χ3v) is 5.79. The number of halogens is 1. The molecule has 0 aliphatic carbocycles. The zero-order valence-corrected chi connectivity index (χ0v) is 9.96. The van der Waals surface area contributed by atoms with Crippen LogP contribution in [0.15, 0.2) is 0 Å². The predicted octanol–water partition coefficient (Wildman–Crippen LogP) is 4.26. The lowest BCUT2D eigenvalue weighted by molar-refractivity contribution is 0.581. The number of hydrogen-bond donors (Lipinski definition) is 0. The highest BCUT2D eigenvalue weighted by Gasteiger charge is 2.14. The summed E-state index contributed by atoms with van der Waals surface area (Å²) in [6, 6.07) is 0. The van der Waals surface area contributed by atoms with Crippen molar-refractivity contribution in [2.45, 2.75) is 39.5 Å². The van der Waals surface area contributed by atoms with E-state index >= 15 is 0 Å². The normalized spacial score (nSPS) is 11.9. The lowest BCUT2D eigenvalue weighted by Gasteiger charge is -2.08. The molecule has 0 fully saturated rings. The van der Waals surface area contributed by atoms with Crippen molar-refractivity contribution in [3.8, 4) is 0 Å². The lowest BCUT2D eigenvalue weighted by Crippen LogP contribution is -1.88. The minimum Gasteiger partial charge on any atom is -0.312 e. The van der Waals surface area contributed by atoms with Gasteiger partial charge in [0.15, 0.2) is 0 Å². The van der Waals surface area contributed by atoms with Crippen molar-refractivity contribution in [2.24, 2.45) is 0 Å². The lowest BCUT2D eigenvalue weighted by atomic mass is 10.4. The Bertz CT molecular complexity index is 124. The third-order valence-electron chi connectivity index (χ3n) is 1.69. The summed E-state index contributed by atoms with van der Waals surface area (Å²) in [4.78, 5) is 0. The first-order chi connectivity index (χ1) is 5.12. The SMILES string of the molecule is CCCCP(=O)(Br)CCCC. The van der Waals surface area contributed by atoms with E-state index in [-0.39, 0.29) is 0 Å². The zero-order chi connectivity index (χ0) is 8.74. The molecule has 0 amide bonds. The molecule has 0 saturated heterocycles. The van der Waals surface area contributed by atoms with E-state index in [1.165, 1.54) is 0 Å². The van der Waals surface area contributed by atoms with Gasteiger partial charge in [-0.2, -0.15) is 0 Å². The first-order valence-corrected chi connectivity index (χ1v) is 8.49. The summed E-state index contributed by atoms with van der Waals surface area (Å²) < 4.78 is 11.6. The Labute approximate surface area is 78.1 Å². The van der Waals surface area contributed by atoms with Crippen LogP contribution in [0.3, 0.4) is 0 Å². The van der Waals surface area contributed by atoms with E-state index in [1.54, 1.807) is 0 Å². The van der Waals surface area contributed by atoms with E-state index in [0.717, 1.165) is 38.0 Å². The van der Waals surface area contributed by atoms with Gasteiger partial charge in [-0.1, -0.05) is 26.7 Å². The average Bonchev–Trinajstić information content (AvgIpc) is 1.97. The Hall–Kier alpha value is 0.710. The van der Waals surface area contributed by atoms with Gasteiger partial charge < -0.3 is 4.57 Å². The van der Waals surface area contributed by atoms with Crippen molar-refractivity contribution in [3.63, 3.8) is 0 Å². The fraction of sp³-hybridized carbons (Fsp3) is 1.00. The molecule has 0 aromatic rings. The van der Waals surface area contributed by atoms with E-state index in [1.807, 2.05) is 0 Å². The molecule has 0 spiro atoms. The molecule has 1 nitrogen and oxygen atoms in total. The molecule has 0 aromatic carbocycles. The van der Waals surface area contributed by atoms with Crippen LogP contribution in [0.2, 0.25) is 0 Å². The van der Waals surface area contributed by atoms with E-state index in [4.69, 9.17) is 0 Å². The largest absolute Gasteiger partial charge is 0.312 e. The van der Waals surface area contributed by atoms with Crippen LogP contribution < -0.4 is 0 Å². The maximum Gasteiger partial charge on any atom is 0.148 e.